The van der Waals surface area contributed by atoms with E-state index in [0.717, 1.165) is 82.5 Å². The maximum atomic E-state index is 15.0. The summed E-state index contributed by atoms with van der Waals surface area (Å²) in [5.74, 6) is 1.68. The molecule has 0 N–H and O–H groups in total. The van der Waals surface area contributed by atoms with Crippen molar-refractivity contribution in [1.82, 2.24) is 33.5 Å². The lowest BCUT2D eigenvalue weighted by Gasteiger charge is -2.17. The normalized spacial score (nSPS) is 11.9. The van der Waals surface area contributed by atoms with Crippen LogP contribution in [0.4, 0.5) is 0 Å². The van der Waals surface area contributed by atoms with Crippen LogP contribution in [-0.2, 0) is 0 Å². The van der Waals surface area contributed by atoms with Crippen LogP contribution >= 0.6 is 0 Å². The second-order valence-electron chi connectivity index (χ2n) is 14.3. The summed E-state index contributed by atoms with van der Waals surface area (Å²) < 4.78 is 6.22. The van der Waals surface area contributed by atoms with Crippen molar-refractivity contribution in [3.8, 4) is 34.4 Å². The molecule has 0 spiro atoms. The molecular weight excluding hydrogens is 703 g/mol. The van der Waals surface area contributed by atoms with Crippen molar-refractivity contribution in [2.75, 3.05) is 0 Å². The fraction of sp³-hybridized carbons (Fsp3) is 0. The highest BCUT2D eigenvalue weighted by atomic mass is 16.1. The predicted molar refractivity (Wildman–Crippen MR) is 229 cm³/mol. The van der Waals surface area contributed by atoms with Gasteiger partial charge in [-0.2, -0.15) is 9.97 Å². The third kappa shape index (κ3) is 4.58. The average Bonchev–Trinajstić information content (AvgIpc) is 3.83. The molecule has 8 nitrogen and oxygen atoms in total. The summed E-state index contributed by atoms with van der Waals surface area (Å²) in [6, 6.07) is 58.9. The number of nitrogens with zero attached hydrogens (tertiary/aromatic N) is 7. The number of aromatic nitrogens is 7. The smallest absolute Gasteiger partial charge is 0.263 e. The number of para-hydroxylation sites is 4. The molecule has 0 fully saturated rings. The van der Waals surface area contributed by atoms with Crippen molar-refractivity contribution in [1.29, 1.82) is 0 Å². The Morgan fingerprint density at radius 1 is 0.404 bits per heavy atom. The minimum absolute atomic E-state index is 0.0933. The van der Waals surface area contributed by atoms with Gasteiger partial charge in [0.2, 0.25) is 5.95 Å². The van der Waals surface area contributed by atoms with E-state index >= 15 is 0 Å². The predicted octanol–water partition coefficient (Wildman–Crippen LogP) is 10.7. The minimum atomic E-state index is -0.0933. The van der Waals surface area contributed by atoms with Gasteiger partial charge in [0, 0.05) is 38.1 Å². The third-order valence-electron chi connectivity index (χ3n) is 11.1. The van der Waals surface area contributed by atoms with E-state index in [1.165, 1.54) is 0 Å². The summed E-state index contributed by atoms with van der Waals surface area (Å²) in [5.41, 5.74) is 8.84. The fourth-order valence-corrected chi connectivity index (χ4v) is 8.60. The van der Waals surface area contributed by atoms with Crippen molar-refractivity contribution < 1.29 is 0 Å². The lowest BCUT2D eigenvalue weighted by molar-refractivity contribution is 0.953. The SMILES string of the molecule is O=c1c2ccccc2c2c(c3ccccc3n3c4ccccc4nc23)n1-c1ccc2c(c1)c1ccccc1n2-c1nc(-c2ccccc2)nc(-c2ccccc2)n1. The molecule has 57 heavy (non-hydrogen) atoms. The van der Waals surface area contributed by atoms with Crippen molar-refractivity contribution >= 4 is 71.1 Å². The molecule has 0 bridgehead atoms. The lowest BCUT2D eigenvalue weighted by atomic mass is 10.0. The largest absolute Gasteiger partial charge is 0.292 e. The molecule has 0 aliphatic carbocycles. The Morgan fingerprint density at radius 3 is 1.68 bits per heavy atom. The molecule has 12 aromatic rings. The van der Waals surface area contributed by atoms with Gasteiger partial charge in [-0.05, 0) is 48.5 Å². The Morgan fingerprint density at radius 2 is 0.965 bits per heavy atom. The van der Waals surface area contributed by atoms with Crippen LogP contribution in [0.15, 0.2) is 181 Å². The molecule has 5 heterocycles. The standard InChI is InChI=1S/C49H29N7O/c57-48-35-21-8-7-20-34(35)43-44(36-22-10-13-25-40(36)55-42-26-14-11-23-38(42)50-47(43)55)54(48)32-27-28-41-37(29-32)33-19-9-12-24-39(33)56(41)49-52-45(30-15-3-1-4-16-30)51-46(53-49)31-17-5-2-6-18-31/h1-29H. The summed E-state index contributed by atoms with van der Waals surface area (Å²) in [6.07, 6.45) is 0. The number of rotatable bonds is 4. The first kappa shape index (κ1) is 31.4. The van der Waals surface area contributed by atoms with E-state index in [1.807, 2.05) is 138 Å². The van der Waals surface area contributed by atoms with E-state index in [2.05, 4.69) is 51.4 Å². The van der Waals surface area contributed by atoms with Crippen LogP contribution < -0.4 is 5.56 Å². The molecule has 0 saturated heterocycles. The van der Waals surface area contributed by atoms with E-state index in [0.29, 0.717) is 23.0 Å². The quantitative estimate of drug-likeness (QED) is 0.168. The van der Waals surface area contributed by atoms with E-state index in [1.54, 1.807) is 0 Å². The van der Waals surface area contributed by atoms with Crippen LogP contribution in [0.3, 0.4) is 0 Å². The van der Waals surface area contributed by atoms with Crippen LogP contribution in [0.2, 0.25) is 0 Å². The molecule has 7 aromatic carbocycles. The molecule has 266 valence electrons. The molecule has 0 unspecified atom stereocenters. The number of benzene rings is 7. The molecular formula is C49H29N7O. The highest BCUT2D eigenvalue weighted by molar-refractivity contribution is 6.22. The maximum Gasteiger partial charge on any atom is 0.263 e. The van der Waals surface area contributed by atoms with Crippen LogP contribution in [0.1, 0.15) is 0 Å². The van der Waals surface area contributed by atoms with Gasteiger partial charge in [0.1, 0.15) is 5.65 Å². The first-order chi connectivity index (χ1) is 28.2. The molecule has 0 atom stereocenters. The molecule has 0 radical (unpaired) electrons. The highest BCUT2D eigenvalue weighted by Gasteiger charge is 2.23. The van der Waals surface area contributed by atoms with Gasteiger partial charge < -0.3 is 0 Å². The Bertz CT molecular complexity index is 3600. The Balaban J connectivity index is 1.18. The van der Waals surface area contributed by atoms with Gasteiger partial charge >= 0.3 is 0 Å². The van der Waals surface area contributed by atoms with Gasteiger partial charge in [-0.25, -0.2) is 9.97 Å². The lowest BCUT2D eigenvalue weighted by Crippen LogP contribution is -2.20. The Hall–Kier alpha value is -7.97. The highest BCUT2D eigenvalue weighted by Crippen LogP contribution is 2.38. The summed E-state index contributed by atoms with van der Waals surface area (Å²) >= 11 is 0. The molecule has 8 heteroatoms. The van der Waals surface area contributed by atoms with E-state index in [9.17, 15) is 4.79 Å². The van der Waals surface area contributed by atoms with Crippen molar-refractivity contribution in [3.05, 3.63) is 186 Å². The average molecular weight is 732 g/mol. The zero-order valence-electron chi connectivity index (χ0n) is 30.3. The number of hydrogen-bond donors (Lipinski definition) is 0. The molecule has 0 amide bonds. The fourth-order valence-electron chi connectivity index (χ4n) is 8.60. The summed E-state index contributed by atoms with van der Waals surface area (Å²) in [7, 11) is 0. The summed E-state index contributed by atoms with van der Waals surface area (Å²) in [6.45, 7) is 0. The second kappa shape index (κ2) is 12.0. The van der Waals surface area contributed by atoms with Gasteiger partial charge in [0.25, 0.3) is 5.56 Å². The van der Waals surface area contributed by atoms with Gasteiger partial charge in [0.05, 0.1) is 44.2 Å². The maximum absolute atomic E-state index is 15.0. The van der Waals surface area contributed by atoms with Gasteiger partial charge in [-0.3, -0.25) is 18.3 Å². The Kier molecular flexibility index (Phi) is 6.62. The van der Waals surface area contributed by atoms with E-state index in [-0.39, 0.29) is 5.56 Å². The first-order valence-electron chi connectivity index (χ1n) is 18.9. The zero-order chi connectivity index (χ0) is 37.6. The van der Waals surface area contributed by atoms with Gasteiger partial charge in [-0.15, -0.1) is 0 Å². The first-order valence-corrected chi connectivity index (χ1v) is 18.9. The number of fused-ring (bicyclic) bond motifs is 13. The zero-order valence-corrected chi connectivity index (χ0v) is 30.3. The van der Waals surface area contributed by atoms with E-state index in [4.69, 9.17) is 19.9 Å². The monoisotopic (exact) mass is 731 g/mol. The van der Waals surface area contributed by atoms with Crippen LogP contribution in [0, 0.1) is 0 Å². The third-order valence-corrected chi connectivity index (χ3v) is 11.1. The minimum Gasteiger partial charge on any atom is -0.292 e. The van der Waals surface area contributed by atoms with Crippen LogP contribution in [0.5, 0.6) is 0 Å². The van der Waals surface area contributed by atoms with E-state index < -0.39 is 0 Å². The van der Waals surface area contributed by atoms with Gasteiger partial charge in [0.15, 0.2) is 11.6 Å². The number of hydrogen-bond acceptors (Lipinski definition) is 5. The molecule has 0 aliphatic heterocycles. The summed E-state index contributed by atoms with van der Waals surface area (Å²) in [4.78, 5) is 35.3. The Labute approximate surface area is 324 Å². The molecule has 12 rings (SSSR count). The summed E-state index contributed by atoms with van der Waals surface area (Å²) in [5, 5.41) is 5.37. The number of pyridine rings is 2. The van der Waals surface area contributed by atoms with Crippen LogP contribution in [-0.4, -0.2) is 33.5 Å². The van der Waals surface area contributed by atoms with Crippen molar-refractivity contribution in [2.45, 2.75) is 0 Å². The second-order valence-corrected chi connectivity index (χ2v) is 14.3. The van der Waals surface area contributed by atoms with Crippen LogP contribution in [0.25, 0.3) is 105 Å². The van der Waals surface area contributed by atoms with Crippen molar-refractivity contribution in [2.24, 2.45) is 0 Å². The van der Waals surface area contributed by atoms with Gasteiger partial charge in [-0.1, -0.05) is 127 Å². The molecule has 0 aliphatic rings. The molecule has 5 aromatic heterocycles. The molecule has 0 saturated carbocycles. The number of imidazole rings is 1. The topological polar surface area (TPSA) is 82.9 Å². The van der Waals surface area contributed by atoms with Crippen molar-refractivity contribution in [3.63, 3.8) is 0 Å².